The highest BCUT2D eigenvalue weighted by Gasteiger charge is 2.33. The molecule has 9 nitrogen and oxygen atoms in total. The number of halogens is 1. The molecule has 1 atom stereocenters. The summed E-state index contributed by atoms with van der Waals surface area (Å²) in [6.07, 6.45) is 2.03. The van der Waals surface area contributed by atoms with Crippen molar-refractivity contribution in [2.75, 3.05) is 19.5 Å². The van der Waals surface area contributed by atoms with E-state index in [0.717, 1.165) is 17.3 Å². The van der Waals surface area contributed by atoms with Gasteiger partial charge in [0.2, 0.25) is 5.76 Å². The topological polar surface area (TPSA) is 106 Å². The van der Waals surface area contributed by atoms with Crippen molar-refractivity contribution in [3.63, 3.8) is 0 Å². The van der Waals surface area contributed by atoms with E-state index in [9.17, 15) is 14.0 Å². The highest BCUT2D eigenvalue weighted by atomic mass is 32.2. The Morgan fingerprint density at radius 2 is 1.89 bits per heavy atom. The number of nitrogens with one attached hydrogen (secondary N) is 1. The lowest BCUT2D eigenvalue weighted by Gasteiger charge is -2.29. The fourth-order valence-electron chi connectivity index (χ4n) is 3.60. The summed E-state index contributed by atoms with van der Waals surface area (Å²) in [7, 11) is 2.80. The zero-order valence-corrected chi connectivity index (χ0v) is 20.1. The van der Waals surface area contributed by atoms with Crippen molar-refractivity contribution in [2.24, 2.45) is 5.10 Å². The van der Waals surface area contributed by atoms with Crippen LogP contribution in [-0.4, -0.2) is 46.5 Å². The van der Waals surface area contributed by atoms with E-state index >= 15 is 0 Å². The number of benzene rings is 2. The average molecular weight is 499 g/mol. The maximum Gasteiger partial charge on any atom is 0.302 e. The number of hydrogen-bond acceptors (Lipinski definition) is 8. The molecule has 182 valence electrons. The predicted octanol–water partition coefficient (Wildman–Crippen LogP) is 4.93. The first kappa shape index (κ1) is 24.3. The van der Waals surface area contributed by atoms with Crippen LogP contribution in [-0.2, 0) is 6.54 Å². The van der Waals surface area contributed by atoms with Crippen LogP contribution in [0.15, 0.2) is 58.3 Å². The summed E-state index contributed by atoms with van der Waals surface area (Å²) in [5.74, 6) is -0.648. The number of carbonyl (C=O) groups is 2. The highest BCUT2D eigenvalue weighted by Crippen LogP contribution is 2.38. The summed E-state index contributed by atoms with van der Waals surface area (Å²) in [5, 5.41) is 11.8. The van der Waals surface area contributed by atoms with Crippen LogP contribution in [0.1, 0.15) is 35.0 Å². The Kier molecular flexibility index (Phi) is 7.35. The van der Waals surface area contributed by atoms with E-state index in [1.807, 2.05) is 6.92 Å². The highest BCUT2D eigenvalue weighted by molar-refractivity contribution is 8.14. The summed E-state index contributed by atoms with van der Waals surface area (Å²) >= 11 is 1.16. The van der Waals surface area contributed by atoms with Crippen molar-refractivity contribution in [2.45, 2.75) is 25.1 Å². The smallest absolute Gasteiger partial charge is 0.302 e. The molecule has 0 aliphatic carbocycles. The summed E-state index contributed by atoms with van der Waals surface area (Å²) in [6, 6.07) is 11.4. The van der Waals surface area contributed by atoms with Crippen molar-refractivity contribution < 1.29 is 28.0 Å². The van der Waals surface area contributed by atoms with Gasteiger partial charge in [-0.15, -0.1) is 0 Å². The largest absolute Gasteiger partial charge is 0.492 e. The normalized spacial score (nSPS) is 15.5. The van der Waals surface area contributed by atoms with Gasteiger partial charge in [-0.25, -0.2) is 9.40 Å². The number of carbonyl (C=O) groups excluding carboxylic acids is 2. The van der Waals surface area contributed by atoms with Gasteiger partial charge in [-0.2, -0.15) is 5.10 Å². The molecule has 35 heavy (non-hydrogen) atoms. The predicted molar refractivity (Wildman–Crippen MR) is 130 cm³/mol. The van der Waals surface area contributed by atoms with Crippen LogP contribution < -0.4 is 14.8 Å². The molecule has 0 bridgehead atoms. The van der Waals surface area contributed by atoms with Crippen molar-refractivity contribution in [1.29, 1.82) is 0 Å². The lowest BCUT2D eigenvalue weighted by atomic mass is 10.0. The molecule has 0 saturated heterocycles. The number of hydrogen-bond donors (Lipinski definition) is 1. The first-order valence-corrected chi connectivity index (χ1v) is 11.6. The van der Waals surface area contributed by atoms with E-state index in [4.69, 9.17) is 14.0 Å². The zero-order chi connectivity index (χ0) is 24.9. The SMILES string of the molecule is CCC1SC(=O)N(Cc2ccc(NC(=O)c3ccno3)cc2)N=C1c1ccc(F)c(OC)c1OC. The van der Waals surface area contributed by atoms with Crippen LogP contribution >= 0.6 is 11.8 Å². The molecule has 1 aliphatic rings. The van der Waals surface area contributed by atoms with E-state index in [1.54, 1.807) is 30.3 Å². The van der Waals surface area contributed by atoms with E-state index in [1.165, 1.54) is 37.6 Å². The third-order valence-electron chi connectivity index (χ3n) is 5.31. The second-order valence-electron chi connectivity index (χ2n) is 7.51. The Hall–Kier alpha value is -3.86. The quantitative estimate of drug-likeness (QED) is 0.469. The van der Waals surface area contributed by atoms with E-state index < -0.39 is 11.7 Å². The molecule has 11 heteroatoms. The van der Waals surface area contributed by atoms with Crippen LogP contribution in [0.2, 0.25) is 0 Å². The number of hydrazone groups is 1. The molecule has 3 aromatic rings. The van der Waals surface area contributed by atoms with E-state index in [-0.39, 0.29) is 34.3 Å². The van der Waals surface area contributed by atoms with Gasteiger partial charge in [0.1, 0.15) is 0 Å². The van der Waals surface area contributed by atoms with Crippen molar-refractivity contribution in [3.8, 4) is 11.5 Å². The fourth-order valence-corrected chi connectivity index (χ4v) is 4.53. The molecular weight excluding hydrogens is 475 g/mol. The molecule has 1 unspecified atom stereocenters. The number of rotatable bonds is 8. The van der Waals surface area contributed by atoms with Gasteiger partial charge in [-0.05, 0) is 36.2 Å². The second-order valence-corrected chi connectivity index (χ2v) is 8.67. The monoisotopic (exact) mass is 498 g/mol. The summed E-state index contributed by atoms with van der Waals surface area (Å²) in [6.45, 7) is 2.16. The summed E-state index contributed by atoms with van der Waals surface area (Å²) in [4.78, 5) is 24.9. The third-order valence-corrected chi connectivity index (χ3v) is 6.57. The molecule has 1 N–H and O–H groups in total. The molecule has 0 radical (unpaired) electrons. The van der Waals surface area contributed by atoms with E-state index in [2.05, 4.69) is 15.6 Å². The Morgan fingerprint density at radius 3 is 2.51 bits per heavy atom. The molecule has 2 amide bonds. The van der Waals surface area contributed by atoms with Gasteiger partial charge in [-0.1, -0.05) is 36.0 Å². The molecular formula is C24H23FN4O5S. The van der Waals surface area contributed by atoms with Gasteiger partial charge < -0.3 is 19.3 Å². The molecule has 2 heterocycles. The zero-order valence-electron chi connectivity index (χ0n) is 19.3. The Labute approximate surface area is 205 Å². The van der Waals surface area contributed by atoms with Crippen LogP contribution in [0.4, 0.5) is 14.9 Å². The van der Waals surface area contributed by atoms with Gasteiger partial charge in [-0.3, -0.25) is 9.59 Å². The number of thioether (sulfide) groups is 1. The average Bonchev–Trinajstić information content (AvgIpc) is 3.41. The first-order chi connectivity index (χ1) is 16.9. The number of methoxy groups -OCH3 is 2. The maximum atomic E-state index is 14.2. The van der Waals surface area contributed by atoms with Gasteiger partial charge in [0.25, 0.3) is 5.91 Å². The van der Waals surface area contributed by atoms with Gasteiger partial charge in [0.15, 0.2) is 17.3 Å². The summed E-state index contributed by atoms with van der Waals surface area (Å²) in [5.41, 5.74) is 2.53. The number of nitrogens with zero attached hydrogens (tertiary/aromatic N) is 3. The summed E-state index contributed by atoms with van der Waals surface area (Å²) < 4.78 is 29.7. The van der Waals surface area contributed by atoms with Crippen molar-refractivity contribution in [1.82, 2.24) is 10.2 Å². The van der Waals surface area contributed by atoms with Crippen LogP contribution in [0.25, 0.3) is 0 Å². The molecule has 1 aliphatic heterocycles. The van der Waals surface area contributed by atoms with Crippen LogP contribution in [0, 0.1) is 5.82 Å². The molecule has 4 rings (SSSR count). The Bertz CT molecular complexity index is 1250. The van der Waals surface area contributed by atoms with Gasteiger partial charge in [0, 0.05) is 17.3 Å². The Morgan fingerprint density at radius 1 is 1.14 bits per heavy atom. The van der Waals surface area contributed by atoms with Crippen LogP contribution in [0.5, 0.6) is 11.5 Å². The maximum absolute atomic E-state index is 14.2. The molecule has 1 aromatic heterocycles. The number of amides is 2. The van der Waals surface area contributed by atoms with E-state index in [0.29, 0.717) is 23.4 Å². The number of aromatic nitrogens is 1. The number of ether oxygens (including phenoxy) is 2. The molecule has 2 aromatic carbocycles. The molecule has 0 fully saturated rings. The minimum absolute atomic E-state index is 0.0148. The van der Waals surface area contributed by atoms with Gasteiger partial charge in [0.05, 0.1) is 37.9 Å². The minimum Gasteiger partial charge on any atom is -0.492 e. The molecule has 0 saturated carbocycles. The third kappa shape index (κ3) is 5.14. The fraction of sp³-hybridized carbons (Fsp3) is 0.250. The van der Waals surface area contributed by atoms with Crippen LogP contribution in [0.3, 0.4) is 0 Å². The van der Waals surface area contributed by atoms with Crippen molar-refractivity contribution >= 4 is 34.3 Å². The second kappa shape index (κ2) is 10.6. The lowest BCUT2D eigenvalue weighted by molar-refractivity contribution is 0.0988. The number of anilines is 1. The standard InChI is InChI=1S/C24H23FN4O5S/c1-4-19-20(16-9-10-17(25)22(33-3)21(16)32-2)28-29(24(31)35-19)13-14-5-7-15(8-6-14)27-23(30)18-11-12-26-34-18/h5-12,19H,4,13H2,1-3H3,(H,27,30). The Balaban J connectivity index is 1.58. The van der Waals surface area contributed by atoms with Crippen molar-refractivity contribution in [3.05, 3.63) is 71.4 Å². The first-order valence-electron chi connectivity index (χ1n) is 10.7. The van der Waals surface area contributed by atoms with Gasteiger partial charge >= 0.3 is 5.24 Å². The minimum atomic E-state index is -0.548. The lowest BCUT2D eigenvalue weighted by Crippen LogP contribution is -2.35. The molecule has 0 spiro atoms.